The number of ether oxygens (including phenoxy) is 1. The van der Waals surface area contributed by atoms with E-state index in [4.69, 9.17) is 10.5 Å². The minimum Gasteiger partial charge on any atom is -0.380 e. The number of non-ortho nitro benzene ring substituents is 1. The molecule has 0 aromatic heterocycles. The van der Waals surface area contributed by atoms with E-state index >= 15 is 0 Å². The van der Waals surface area contributed by atoms with Crippen LogP contribution >= 0.6 is 12.4 Å². The number of amides is 1. The highest BCUT2D eigenvalue weighted by molar-refractivity contribution is 5.91. The maximum Gasteiger partial charge on any atom is 0.271 e. The molecule has 0 saturated carbocycles. The SMILES string of the molecule is COC(CN)CC(=O)Nc1cccc([N+](=O)[O-])c1.Cl. The van der Waals surface area contributed by atoms with Crippen molar-refractivity contribution in [2.45, 2.75) is 12.5 Å². The molecule has 1 unspecified atom stereocenters. The second-order valence-electron chi connectivity index (χ2n) is 3.65. The van der Waals surface area contributed by atoms with Crippen molar-refractivity contribution in [2.24, 2.45) is 5.73 Å². The fraction of sp³-hybridized carbons (Fsp3) is 0.364. The molecule has 0 radical (unpaired) electrons. The van der Waals surface area contributed by atoms with Crippen molar-refractivity contribution in [1.29, 1.82) is 0 Å². The molecule has 0 spiro atoms. The molecule has 106 valence electrons. The third kappa shape index (κ3) is 5.64. The number of hydrogen-bond donors (Lipinski definition) is 2. The smallest absolute Gasteiger partial charge is 0.271 e. The minimum atomic E-state index is -0.520. The molecule has 3 N–H and O–H groups in total. The molecular formula is C11H16ClN3O4. The van der Waals surface area contributed by atoms with Gasteiger partial charge in [-0.2, -0.15) is 0 Å². The lowest BCUT2D eigenvalue weighted by Gasteiger charge is -2.12. The van der Waals surface area contributed by atoms with E-state index in [2.05, 4.69) is 5.32 Å². The zero-order valence-electron chi connectivity index (χ0n) is 10.4. The molecule has 8 heteroatoms. The summed E-state index contributed by atoms with van der Waals surface area (Å²) in [5, 5.41) is 13.1. The Labute approximate surface area is 116 Å². The highest BCUT2D eigenvalue weighted by Crippen LogP contribution is 2.17. The van der Waals surface area contributed by atoms with Crippen molar-refractivity contribution in [1.82, 2.24) is 0 Å². The van der Waals surface area contributed by atoms with Gasteiger partial charge in [0.05, 0.1) is 17.4 Å². The summed E-state index contributed by atoms with van der Waals surface area (Å²) in [7, 11) is 1.47. The quantitative estimate of drug-likeness (QED) is 0.606. The lowest BCUT2D eigenvalue weighted by atomic mass is 10.2. The van der Waals surface area contributed by atoms with Gasteiger partial charge < -0.3 is 15.8 Å². The molecule has 1 amide bonds. The number of methoxy groups -OCH3 is 1. The predicted molar refractivity (Wildman–Crippen MR) is 73.4 cm³/mol. The zero-order valence-corrected chi connectivity index (χ0v) is 11.2. The van der Waals surface area contributed by atoms with Crippen LogP contribution in [0.3, 0.4) is 0 Å². The predicted octanol–water partition coefficient (Wildman–Crippen LogP) is 1.32. The first-order valence-corrected chi connectivity index (χ1v) is 5.34. The fourth-order valence-electron chi connectivity index (χ4n) is 1.38. The topological polar surface area (TPSA) is 107 Å². The first-order valence-electron chi connectivity index (χ1n) is 5.34. The summed E-state index contributed by atoms with van der Waals surface area (Å²) in [6.07, 6.45) is -0.251. The number of carbonyl (C=O) groups excluding carboxylic acids is 1. The molecular weight excluding hydrogens is 274 g/mol. The Morgan fingerprint density at radius 2 is 2.26 bits per heavy atom. The molecule has 0 fully saturated rings. The van der Waals surface area contributed by atoms with Gasteiger partial charge in [-0.05, 0) is 6.07 Å². The Hall–Kier alpha value is -1.70. The number of benzene rings is 1. The Morgan fingerprint density at radius 3 is 2.79 bits per heavy atom. The van der Waals surface area contributed by atoms with Crippen LogP contribution in [0.2, 0.25) is 0 Å². The molecule has 0 saturated heterocycles. The van der Waals surface area contributed by atoms with Crippen LogP contribution in [0.5, 0.6) is 0 Å². The fourth-order valence-corrected chi connectivity index (χ4v) is 1.38. The molecule has 1 aromatic carbocycles. The van der Waals surface area contributed by atoms with Gasteiger partial charge in [0.2, 0.25) is 5.91 Å². The summed E-state index contributed by atoms with van der Waals surface area (Å²) < 4.78 is 4.98. The second kappa shape index (κ2) is 8.41. The van der Waals surface area contributed by atoms with Crippen LogP contribution in [-0.4, -0.2) is 30.6 Å². The van der Waals surface area contributed by atoms with Crippen LogP contribution in [0, 0.1) is 10.1 Å². The number of halogens is 1. The first-order chi connectivity index (χ1) is 8.56. The van der Waals surface area contributed by atoms with Gasteiger partial charge in [-0.25, -0.2) is 0 Å². The van der Waals surface area contributed by atoms with Crippen LogP contribution in [0.4, 0.5) is 11.4 Å². The molecule has 0 aliphatic heterocycles. The number of nitrogens with zero attached hydrogens (tertiary/aromatic N) is 1. The maximum atomic E-state index is 11.6. The molecule has 0 bridgehead atoms. The molecule has 1 rings (SSSR count). The molecule has 0 aliphatic rings. The normalized spacial score (nSPS) is 11.3. The average molecular weight is 290 g/mol. The average Bonchev–Trinajstić information content (AvgIpc) is 2.36. The lowest BCUT2D eigenvalue weighted by molar-refractivity contribution is -0.384. The Morgan fingerprint density at radius 1 is 1.58 bits per heavy atom. The number of nitro benzene ring substituents is 1. The minimum absolute atomic E-state index is 0. The van der Waals surface area contributed by atoms with Crippen molar-refractivity contribution in [3.8, 4) is 0 Å². The van der Waals surface area contributed by atoms with E-state index in [1.807, 2.05) is 0 Å². The van der Waals surface area contributed by atoms with Gasteiger partial charge in [0.25, 0.3) is 5.69 Å². The lowest BCUT2D eigenvalue weighted by Crippen LogP contribution is -2.28. The molecule has 0 aliphatic carbocycles. The Kier molecular flexibility index (Phi) is 7.66. The summed E-state index contributed by atoms with van der Waals surface area (Å²) in [4.78, 5) is 21.7. The van der Waals surface area contributed by atoms with Crippen molar-refractivity contribution in [2.75, 3.05) is 19.0 Å². The van der Waals surface area contributed by atoms with Crippen molar-refractivity contribution in [3.63, 3.8) is 0 Å². The number of rotatable bonds is 6. The van der Waals surface area contributed by atoms with E-state index in [0.29, 0.717) is 5.69 Å². The van der Waals surface area contributed by atoms with Gasteiger partial charge in [-0.3, -0.25) is 14.9 Å². The van der Waals surface area contributed by atoms with Crippen LogP contribution in [-0.2, 0) is 9.53 Å². The van der Waals surface area contributed by atoms with E-state index in [9.17, 15) is 14.9 Å². The van der Waals surface area contributed by atoms with E-state index in [0.717, 1.165) is 0 Å². The highest BCUT2D eigenvalue weighted by atomic mass is 35.5. The zero-order chi connectivity index (χ0) is 13.5. The number of anilines is 1. The van der Waals surface area contributed by atoms with Gasteiger partial charge in [-0.15, -0.1) is 12.4 Å². The van der Waals surface area contributed by atoms with Crippen molar-refractivity contribution >= 4 is 29.7 Å². The monoisotopic (exact) mass is 289 g/mol. The third-order valence-electron chi connectivity index (χ3n) is 2.35. The van der Waals surface area contributed by atoms with Crippen LogP contribution in [0.25, 0.3) is 0 Å². The number of nitrogens with two attached hydrogens (primary N) is 1. The number of nitro groups is 1. The van der Waals surface area contributed by atoms with Crippen molar-refractivity contribution < 1.29 is 14.5 Å². The molecule has 19 heavy (non-hydrogen) atoms. The first kappa shape index (κ1) is 17.3. The van der Waals surface area contributed by atoms with Crippen LogP contribution in [0.1, 0.15) is 6.42 Å². The van der Waals surface area contributed by atoms with Crippen molar-refractivity contribution in [3.05, 3.63) is 34.4 Å². The van der Waals surface area contributed by atoms with E-state index < -0.39 is 4.92 Å². The van der Waals surface area contributed by atoms with Gasteiger partial charge in [-0.1, -0.05) is 6.07 Å². The molecule has 1 aromatic rings. The van der Waals surface area contributed by atoms with Gasteiger partial charge in [0.15, 0.2) is 0 Å². The summed E-state index contributed by atoms with van der Waals surface area (Å²) in [6, 6.07) is 5.73. The Bertz CT molecular complexity index is 438. The summed E-state index contributed by atoms with van der Waals surface area (Å²) in [5.74, 6) is -0.298. The summed E-state index contributed by atoms with van der Waals surface area (Å²) in [5.41, 5.74) is 5.70. The number of carbonyl (C=O) groups is 1. The van der Waals surface area contributed by atoms with E-state index in [1.165, 1.54) is 25.3 Å². The summed E-state index contributed by atoms with van der Waals surface area (Å²) >= 11 is 0. The van der Waals surface area contributed by atoms with Gasteiger partial charge in [0, 0.05) is 31.5 Å². The maximum absolute atomic E-state index is 11.6. The summed E-state index contributed by atoms with van der Waals surface area (Å²) in [6.45, 7) is 0.235. The Balaban J connectivity index is 0.00000324. The number of nitrogens with one attached hydrogen (secondary N) is 1. The third-order valence-corrected chi connectivity index (χ3v) is 2.35. The molecule has 7 nitrogen and oxygen atoms in total. The van der Waals surface area contributed by atoms with Crippen LogP contribution in [0.15, 0.2) is 24.3 Å². The molecule has 0 heterocycles. The highest BCUT2D eigenvalue weighted by Gasteiger charge is 2.12. The van der Waals surface area contributed by atoms with Gasteiger partial charge in [0.1, 0.15) is 0 Å². The van der Waals surface area contributed by atoms with E-state index in [1.54, 1.807) is 6.07 Å². The largest absolute Gasteiger partial charge is 0.380 e. The number of hydrogen-bond acceptors (Lipinski definition) is 5. The van der Waals surface area contributed by atoms with E-state index in [-0.39, 0.29) is 43.1 Å². The second-order valence-corrected chi connectivity index (χ2v) is 3.65. The van der Waals surface area contributed by atoms with Gasteiger partial charge >= 0.3 is 0 Å². The van der Waals surface area contributed by atoms with Crippen LogP contribution < -0.4 is 11.1 Å². The molecule has 1 atom stereocenters. The standard InChI is InChI=1S/C11H15N3O4.ClH/c1-18-10(7-12)6-11(15)13-8-3-2-4-9(5-8)14(16)17;/h2-5,10H,6-7,12H2,1H3,(H,13,15);1H.